The predicted molar refractivity (Wildman–Crippen MR) is 67.3 cm³/mol. The lowest BCUT2D eigenvalue weighted by Gasteiger charge is -2.26. The Balaban J connectivity index is 0.00000112. The van der Waals surface area contributed by atoms with E-state index in [2.05, 4.69) is 10.6 Å². The molecule has 0 spiro atoms. The van der Waals surface area contributed by atoms with E-state index in [4.69, 9.17) is 23.2 Å². The van der Waals surface area contributed by atoms with Crippen LogP contribution >= 0.6 is 35.6 Å². The molecule has 0 bridgehead atoms. The van der Waals surface area contributed by atoms with Crippen molar-refractivity contribution < 1.29 is 0 Å². The van der Waals surface area contributed by atoms with Crippen LogP contribution in [0.3, 0.4) is 0 Å². The summed E-state index contributed by atoms with van der Waals surface area (Å²) in [7, 11) is 0. The Labute approximate surface area is 106 Å². The normalized spacial score (nSPS) is 20.8. The van der Waals surface area contributed by atoms with Gasteiger partial charge < -0.3 is 10.6 Å². The van der Waals surface area contributed by atoms with Gasteiger partial charge in [0.15, 0.2) is 0 Å². The summed E-state index contributed by atoms with van der Waals surface area (Å²) in [5.41, 5.74) is 1.00. The van der Waals surface area contributed by atoms with E-state index in [0.29, 0.717) is 0 Å². The van der Waals surface area contributed by atoms with Crippen molar-refractivity contribution in [2.45, 2.75) is 6.04 Å². The molecule has 1 atom stereocenters. The van der Waals surface area contributed by atoms with Gasteiger partial charge in [0.1, 0.15) is 0 Å². The first-order chi connectivity index (χ1) is 6.79. The summed E-state index contributed by atoms with van der Waals surface area (Å²) < 4.78 is 0. The maximum atomic E-state index is 6.11. The minimum absolute atomic E-state index is 0. The lowest BCUT2D eigenvalue weighted by molar-refractivity contribution is 0.430. The molecule has 1 fully saturated rings. The third-order valence-corrected chi connectivity index (χ3v) is 3.05. The highest BCUT2D eigenvalue weighted by atomic mass is 35.5. The van der Waals surface area contributed by atoms with E-state index >= 15 is 0 Å². The number of halogens is 3. The molecule has 2 N–H and O–H groups in total. The Morgan fingerprint density at radius 2 is 1.80 bits per heavy atom. The number of hydrogen-bond donors (Lipinski definition) is 2. The lowest BCUT2D eigenvalue weighted by atomic mass is 10.1. The van der Waals surface area contributed by atoms with E-state index in [9.17, 15) is 0 Å². The molecule has 0 aliphatic carbocycles. The third kappa shape index (κ3) is 2.99. The Morgan fingerprint density at radius 1 is 1.13 bits per heavy atom. The number of nitrogens with one attached hydrogen (secondary N) is 2. The van der Waals surface area contributed by atoms with Crippen LogP contribution in [-0.2, 0) is 0 Å². The Hall–Kier alpha value is 0.01000. The van der Waals surface area contributed by atoms with Gasteiger partial charge in [0.25, 0.3) is 0 Å². The first-order valence-electron chi connectivity index (χ1n) is 4.67. The molecule has 2 rings (SSSR count). The van der Waals surface area contributed by atoms with Crippen molar-refractivity contribution in [2.24, 2.45) is 0 Å². The fourth-order valence-electron chi connectivity index (χ4n) is 1.70. The largest absolute Gasteiger partial charge is 0.314 e. The first-order valence-corrected chi connectivity index (χ1v) is 5.42. The van der Waals surface area contributed by atoms with Crippen molar-refractivity contribution >= 4 is 35.6 Å². The van der Waals surface area contributed by atoms with Gasteiger partial charge in [-0.25, -0.2) is 0 Å². The molecule has 0 aromatic heterocycles. The van der Waals surface area contributed by atoms with Crippen molar-refractivity contribution in [3.8, 4) is 0 Å². The average molecular weight is 268 g/mol. The molecule has 1 aromatic carbocycles. The monoisotopic (exact) mass is 266 g/mol. The second kappa shape index (κ2) is 5.92. The topological polar surface area (TPSA) is 24.1 Å². The second-order valence-corrected chi connectivity index (χ2v) is 4.16. The molecule has 84 valence electrons. The molecule has 2 nitrogen and oxygen atoms in total. The van der Waals surface area contributed by atoms with Crippen LogP contribution in [0.1, 0.15) is 11.6 Å². The number of benzene rings is 1. The van der Waals surface area contributed by atoms with E-state index in [0.717, 1.165) is 35.2 Å². The summed E-state index contributed by atoms with van der Waals surface area (Å²) in [5.74, 6) is 0. The van der Waals surface area contributed by atoms with Crippen LogP contribution in [0.2, 0.25) is 10.0 Å². The summed E-state index contributed by atoms with van der Waals surface area (Å²) in [4.78, 5) is 0. The summed E-state index contributed by atoms with van der Waals surface area (Å²) in [5, 5.41) is 8.16. The van der Waals surface area contributed by atoms with E-state index in [-0.39, 0.29) is 18.4 Å². The van der Waals surface area contributed by atoms with E-state index < -0.39 is 0 Å². The minimum Gasteiger partial charge on any atom is -0.314 e. The van der Waals surface area contributed by atoms with Crippen LogP contribution in [0.15, 0.2) is 18.2 Å². The zero-order valence-corrected chi connectivity index (χ0v) is 10.4. The molecule has 1 aromatic rings. The molecule has 0 unspecified atom stereocenters. The highest BCUT2D eigenvalue weighted by Crippen LogP contribution is 2.30. The summed E-state index contributed by atoms with van der Waals surface area (Å²) >= 11 is 12.2. The van der Waals surface area contributed by atoms with E-state index in [1.807, 2.05) is 18.2 Å². The fraction of sp³-hybridized carbons (Fsp3) is 0.400. The highest BCUT2D eigenvalue weighted by Gasteiger charge is 2.19. The van der Waals surface area contributed by atoms with Gasteiger partial charge in [0.2, 0.25) is 0 Å². The predicted octanol–water partition coefficient (Wildman–Crippen LogP) is 2.65. The quantitative estimate of drug-likeness (QED) is 0.817. The fourth-order valence-corrected chi connectivity index (χ4v) is 2.36. The smallest absolute Gasteiger partial charge is 0.0476 e. The zero-order valence-electron chi connectivity index (χ0n) is 8.09. The van der Waals surface area contributed by atoms with Gasteiger partial charge in [-0.3, -0.25) is 0 Å². The molecule has 0 saturated carbocycles. The van der Waals surface area contributed by atoms with Crippen LogP contribution in [0.4, 0.5) is 0 Å². The van der Waals surface area contributed by atoms with Gasteiger partial charge in [-0.1, -0.05) is 29.3 Å². The molecular formula is C10H13Cl3N2. The van der Waals surface area contributed by atoms with E-state index in [1.165, 1.54) is 0 Å². The highest BCUT2D eigenvalue weighted by molar-refractivity contribution is 6.36. The summed E-state index contributed by atoms with van der Waals surface area (Å²) in [6.45, 7) is 2.83. The average Bonchev–Trinajstić information content (AvgIpc) is 2.19. The third-order valence-electron chi connectivity index (χ3n) is 2.39. The van der Waals surface area contributed by atoms with Gasteiger partial charge in [0, 0.05) is 41.3 Å². The number of hydrogen-bond acceptors (Lipinski definition) is 2. The standard InChI is InChI=1S/C10H12Cl2N2.ClH/c11-7-2-1-3-8(12)10(7)9-6-13-4-5-14-9;/h1-3,9,13-14H,4-6H2;1H/t9-;/m1./s1. The molecule has 1 aliphatic heterocycles. The molecule has 1 heterocycles. The summed E-state index contributed by atoms with van der Waals surface area (Å²) in [6, 6.07) is 5.84. The Bertz CT molecular complexity index is 304. The maximum Gasteiger partial charge on any atom is 0.0476 e. The van der Waals surface area contributed by atoms with Crippen LogP contribution in [0.5, 0.6) is 0 Å². The van der Waals surface area contributed by atoms with Crippen molar-refractivity contribution in [3.63, 3.8) is 0 Å². The minimum atomic E-state index is 0. The van der Waals surface area contributed by atoms with Crippen molar-refractivity contribution in [3.05, 3.63) is 33.8 Å². The molecule has 1 saturated heterocycles. The van der Waals surface area contributed by atoms with Crippen LogP contribution in [-0.4, -0.2) is 19.6 Å². The molecule has 0 amide bonds. The van der Waals surface area contributed by atoms with Crippen molar-refractivity contribution in [2.75, 3.05) is 19.6 Å². The Kier molecular flexibility index (Phi) is 5.16. The molecule has 1 aliphatic rings. The van der Waals surface area contributed by atoms with Crippen LogP contribution < -0.4 is 10.6 Å². The van der Waals surface area contributed by atoms with Crippen molar-refractivity contribution in [1.82, 2.24) is 10.6 Å². The van der Waals surface area contributed by atoms with Gasteiger partial charge >= 0.3 is 0 Å². The molecule has 0 radical (unpaired) electrons. The van der Waals surface area contributed by atoms with Crippen LogP contribution in [0, 0.1) is 0 Å². The first kappa shape index (κ1) is 13.1. The van der Waals surface area contributed by atoms with Gasteiger partial charge in [-0.05, 0) is 12.1 Å². The molecule has 15 heavy (non-hydrogen) atoms. The molecular weight excluding hydrogens is 254 g/mol. The number of rotatable bonds is 1. The lowest BCUT2D eigenvalue weighted by Crippen LogP contribution is -2.42. The molecule has 5 heteroatoms. The van der Waals surface area contributed by atoms with Gasteiger partial charge in [-0.2, -0.15) is 0 Å². The maximum absolute atomic E-state index is 6.11. The number of piperazine rings is 1. The Morgan fingerprint density at radius 3 is 2.33 bits per heavy atom. The zero-order chi connectivity index (χ0) is 9.97. The summed E-state index contributed by atoms with van der Waals surface area (Å²) in [6.07, 6.45) is 0. The van der Waals surface area contributed by atoms with Crippen LogP contribution in [0.25, 0.3) is 0 Å². The second-order valence-electron chi connectivity index (χ2n) is 3.35. The van der Waals surface area contributed by atoms with Gasteiger partial charge in [0.05, 0.1) is 0 Å². The SMILES string of the molecule is Cl.Clc1cccc(Cl)c1[C@H]1CNCCN1. The van der Waals surface area contributed by atoms with E-state index in [1.54, 1.807) is 0 Å². The van der Waals surface area contributed by atoms with Gasteiger partial charge in [-0.15, -0.1) is 12.4 Å². The van der Waals surface area contributed by atoms with Crippen molar-refractivity contribution in [1.29, 1.82) is 0 Å².